The Morgan fingerprint density at radius 3 is 2.33 bits per heavy atom. The fraction of sp³-hybridized carbons (Fsp3) is 0.240. The third-order valence-electron chi connectivity index (χ3n) is 5.59. The summed E-state index contributed by atoms with van der Waals surface area (Å²) in [4.78, 5) is 16.7. The van der Waals surface area contributed by atoms with Crippen LogP contribution < -0.4 is 9.47 Å². The van der Waals surface area contributed by atoms with E-state index in [1.807, 2.05) is 65.8 Å². The van der Waals surface area contributed by atoms with E-state index in [9.17, 15) is 4.79 Å². The second kappa shape index (κ2) is 8.84. The molecule has 3 aromatic carbocycles. The maximum Gasteiger partial charge on any atom is 0.255 e. The molecule has 0 N–H and O–H groups in total. The standard InChI is InChI=1S/C25H25NO3S/c1-28-21-15-18-13-14-26(25(27)19-11-7-8-12-23(19)30-3)24(17-9-5-4-6-10-17)20(18)16-22(21)29-2/h4-12,15-16,24H,13-14H2,1-3H3. The van der Waals surface area contributed by atoms with Crippen molar-refractivity contribution in [1.29, 1.82) is 0 Å². The smallest absolute Gasteiger partial charge is 0.255 e. The van der Waals surface area contributed by atoms with Gasteiger partial charge in [0.25, 0.3) is 5.91 Å². The molecule has 0 radical (unpaired) electrons. The molecule has 0 spiro atoms. The third kappa shape index (κ3) is 3.65. The minimum Gasteiger partial charge on any atom is -0.493 e. The predicted octanol–water partition coefficient (Wildman–Crippen LogP) is 5.21. The summed E-state index contributed by atoms with van der Waals surface area (Å²) in [5.41, 5.74) is 4.10. The van der Waals surface area contributed by atoms with E-state index in [-0.39, 0.29) is 11.9 Å². The second-order valence-corrected chi connectivity index (χ2v) is 8.02. The molecule has 154 valence electrons. The van der Waals surface area contributed by atoms with Gasteiger partial charge in [0, 0.05) is 11.4 Å². The minimum atomic E-state index is -0.183. The first-order valence-electron chi connectivity index (χ1n) is 9.91. The predicted molar refractivity (Wildman–Crippen MR) is 121 cm³/mol. The molecule has 1 atom stereocenters. The second-order valence-electron chi connectivity index (χ2n) is 7.17. The molecule has 1 aliphatic heterocycles. The van der Waals surface area contributed by atoms with Crippen LogP contribution in [0.2, 0.25) is 0 Å². The van der Waals surface area contributed by atoms with E-state index in [0.29, 0.717) is 12.3 Å². The third-order valence-corrected chi connectivity index (χ3v) is 6.38. The number of nitrogens with zero attached hydrogens (tertiary/aromatic N) is 1. The van der Waals surface area contributed by atoms with E-state index in [1.54, 1.807) is 26.0 Å². The number of carbonyl (C=O) groups is 1. The first kappa shape index (κ1) is 20.4. The Balaban J connectivity index is 1.85. The highest BCUT2D eigenvalue weighted by Gasteiger charge is 2.34. The zero-order chi connectivity index (χ0) is 21.1. The highest BCUT2D eigenvalue weighted by atomic mass is 32.2. The number of hydrogen-bond donors (Lipinski definition) is 0. The van der Waals surface area contributed by atoms with Gasteiger partial charge in [-0.15, -0.1) is 11.8 Å². The number of amides is 1. The summed E-state index contributed by atoms with van der Waals surface area (Å²) >= 11 is 1.60. The minimum absolute atomic E-state index is 0.0502. The maximum absolute atomic E-state index is 13.7. The summed E-state index contributed by atoms with van der Waals surface area (Å²) in [6.07, 6.45) is 2.77. The van der Waals surface area contributed by atoms with Crippen LogP contribution in [-0.4, -0.2) is 37.8 Å². The number of fused-ring (bicyclic) bond motifs is 1. The zero-order valence-corrected chi connectivity index (χ0v) is 18.2. The van der Waals surface area contributed by atoms with Gasteiger partial charge in [0.15, 0.2) is 11.5 Å². The SMILES string of the molecule is COc1cc2c(cc1OC)C(c1ccccc1)N(C(=O)c1ccccc1SC)CC2. The molecular weight excluding hydrogens is 394 g/mol. The van der Waals surface area contributed by atoms with Crippen molar-refractivity contribution in [3.63, 3.8) is 0 Å². The van der Waals surface area contributed by atoms with E-state index < -0.39 is 0 Å². The number of ether oxygens (including phenoxy) is 2. The zero-order valence-electron chi connectivity index (χ0n) is 17.4. The molecule has 0 aromatic heterocycles. The topological polar surface area (TPSA) is 38.8 Å². The molecular formula is C25H25NO3S. The first-order valence-corrected chi connectivity index (χ1v) is 11.1. The van der Waals surface area contributed by atoms with Crippen molar-refractivity contribution in [3.05, 3.63) is 89.0 Å². The van der Waals surface area contributed by atoms with Crippen molar-refractivity contribution < 1.29 is 14.3 Å². The molecule has 4 nitrogen and oxygen atoms in total. The van der Waals surface area contributed by atoms with Crippen molar-refractivity contribution in [2.45, 2.75) is 17.4 Å². The normalized spacial score (nSPS) is 15.4. The van der Waals surface area contributed by atoms with E-state index >= 15 is 0 Å². The first-order chi connectivity index (χ1) is 14.7. The van der Waals surface area contributed by atoms with Crippen LogP contribution in [0, 0.1) is 0 Å². The Labute approximate surface area is 181 Å². The number of rotatable bonds is 5. The van der Waals surface area contributed by atoms with Crippen LogP contribution in [0.1, 0.15) is 33.1 Å². The van der Waals surface area contributed by atoms with Crippen molar-refractivity contribution in [2.75, 3.05) is 27.0 Å². The van der Waals surface area contributed by atoms with Gasteiger partial charge in [-0.3, -0.25) is 4.79 Å². The van der Waals surface area contributed by atoms with Gasteiger partial charge in [0.05, 0.1) is 25.8 Å². The number of benzene rings is 3. The molecule has 4 rings (SSSR count). The average molecular weight is 420 g/mol. The molecule has 1 amide bonds. The van der Waals surface area contributed by atoms with Crippen LogP contribution in [0.15, 0.2) is 71.6 Å². The van der Waals surface area contributed by atoms with Crippen LogP contribution in [0.25, 0.3) is 0 Å². The van der Waals surface area contributed by atoms with Gasteiger partial charge in [-0.1, -0.05) is 42.5 Å². The monoisotopic (exact) mass is 419 g/mol. The molecule has 1 heterocycles. The molecule has 3 aromatic rings. The molecule has 5 heteroatoms. The lowest BCUT2D eigenvalue weighted by atomic mass is 9.87. The Morgan fingerprint density at radius 2 is 1.63 bits per heavy atom. The van der Waals surface area contributed by atoms with Crippen LogP contribution in [0.4, 0.5) is 0 Å². The maximum atomic E-state index is 13.7. The highest BCUT2D eigenvalue weighted by Crippen LogP contribution is 2.41. The van der Waals surface area contributed by atoms with Gasteiger partial charge in [-0.25, -0.2) is 0 Å². The van der Waals surface area contributed by atoms with E-state index in [1.165, 1.54) is 5.56 Å². The summed E-state index contributed by atoms with van der Waals surface area (Å²) in [6, 6.07) is 21.9. The Bertz CT molecular complexity index is 1050. The lowest BCUT2D eigenvalue weighted by Crippen LogP contribution is -2.40. The van der Waals surface area contributed by atoms with Gasteiger partial charge in [-0.2, -0.15) is 0 Å². The fourth-order valence-corrected chi connectivity index (χ4v) is 4.73. The van der Waals surface area contributed by atoms with Crippen LogP contribution >= 0.6 is 11.8 Å². The summed E-state index contributed by atoms with van der Waals surface area (Å²) in [6.45, 7) is 0.642. The van der Waals surface area contributed by atoms with Gasteiger partial charge in [0.2, 0.25) is 0 Å². The molecule has 0 aliphatic carbocycles. The lowest BCUT2D eigenvalue weighted by Gasteiger charge is -2.38. The quantitative estimate of drug-likeness (QED) is 0.532. The molecule has 1 aliphatic rings. The largest absolute Gasteiger partial charge is 0.493 e. The number of methoxy groups -OCH3 is 2. The van der Waals surface area contributed by atoms with Crippen LogP contribution in [0.5, 0.6) is 11.5 Å². The van der Waals surface area contributed by atoms with E-state index in [0.717, 1.165) is 33.8 Å². The summed E-state index contributed by atoms with van der Waals surface area (Å²) in [5.74, 6) is 1.45. The number of carbonyl (C=O) groups excluding carboxylic acids is 1. The van der Waals surface area contributed by atoms with Gasteiger partial charge in [0.1, 0.15) is 0 Å². The van der Waals surface area contributed by atoms with Crippen molar-refractivity contribution >= 4 is 17.7 Å². The molecule has 0 bridgehead atoms. The molecule has 30 heavy (non-hydrogen) atoms. The average Bonchev–Trinajstić information content (AvgIpc) is 2.82. The fourth-order valence-electron chi connectivity index (χ4n) is 4.14. The number of thioether (sulfide) groups is 1. The van der Waals surface area contributed by atoms with Crippen molar-refractivity contribution in [2.24, 2.45) is 0 Å². The van der Waals surface area contributed by atoms with Crippen LogP contribution in [0.3, 0.4) is 0 Å². The Morgan fingerprint density at radius 1 is 0.967 bits per heavy atom. The molecule has 0 saturated carbocycles. The summed E-state index contributed by atoms with van der Waals surface area (Å²) in [7, 11) is 3.29. The van der Waals surface area contributed by atoms with Crippen LogP contribution in [-0.2, 0) is 6.42 Å². The van der Waals surface area contributed by atoms with Gasteiger partial charge >= 0.3 is 0 Å². The van der Waals surface area contributed by atoms with E-state index in [4.69, 9.17) is 9.47 Å². The van der Waals surface area contributed by atoms with E-state index in [2.05, 4.69) is 12.1 Å². The Kier molecular flexibility index (Phi) is 6.00. The summed E-state index contributed by atoms with van der Waals surface area (Å²) < 4.78 is 11.1. The van der Waals surface area contributed by atoms with Crippen molar-refractivity contribution in [3.8, 4) is 11.5 Å². The molecule has 1 unspecified atom stereocenters. The highest BCUT2D eigenvalue weighted by molar-refractivity contribution is 7.98. The molecule has 0 fully saturated rings. The van der Waals surface area contributed by atoms with Crippen molar-refractivity contribution in [1.82, 2.24) is 4.90 Å². The molecule has 0 saturated heterocycles. The van der Waals surface area contributed by atoms with Gasteiger partial charge in [-0.05, 0) is 53.6 Å². The number of hydrogen-bond acceptors (Lipinski definition) is 4. The van der Waals surface area contributed by atoms with Gasteiger partial charge < -0.3 is 14.4 Å². The summed E-state index contributed by atoms with van der Waals surface area (Å²) in [5, 5.41) is 0. The lowest BCUT2D eigenvalue weighted by molar-refractivity contribution is 0.0690. The Hall–Kier alpha value is -2.92.